The molecular weight excluding hydrogens is 418 g/mol. The number of aliphatic hydroxyl groups excluding tert-OH is 1. The van der Waals surface area contributed by atoms with Crippen LogP contribution in [0.15, 0.2) is 70.7 Å². The number of furan rings is 1. The van der Waals surface area contributed by atoms with Crippen molar-refractivity contribution in [3.05, 3.63) is 88.3 Å². The summed E-state index contributed by atoms with van der Waals surface area (Å²) in [5.41, 5.74) is 1.58. The molecule has 0 spiro atoms. The number of aromatic nitrogens is 2. The summed E-state index contributed by atoms with van der Waals surface area (Å²) in [5.74, 6) is -0.863. The molecule has 2 aromatic heterocycles. The van der Waals surface area contributed by atoms with Gasteiger partial charge in [-0.2, -0.15) is 0 Å². The summed E-state index contributed by atoms with van der Waals surface area (Å²) in [6, 6.07) is 16.1. The van der Waals surface area contributed by atoms with Crippen LogP contribution in [0.1, 0.15) is 23.1 Å². The van der Waals surface area contributed by atoms with Gasteiger partial charge in [-0.3, -0.25) is 14.5 Å². The Hall–Kier alpha value is -3.84. The third-order valence-corrected chi connectivity index (χ3v) is 5.41. The van der Waals surface area contributed by atoms with Gasteiger partial charge in [0.1, 0.15) is 23.3 Å². The van der Waals surface area contributed by atoms with Crippen molar-refractivity contribution < 1.29 is 19.1 Å². The summed E-state index contributed by atoms with van der Waals surface area (Å²) < 4.78 is 5.77. The molecule has 0 saturated carbocycles. The molecule has 0 radical (unpaired) electrons. The van der Waals surface area contributed by atoms with Crippen LogP contribution in [0, 0.1) is 6.92 Å². The van der Waals surface area contributed by atoms with Crippen molar-refractivity contribution in [1.82, 2.24) is 9.97 Å². The predicted molar refractivity (Wildman–Crippen MR) is 116 cm³/mol. The number of hydrogen-bond donors (Lipinski definition) is 2. The maximum Gasteiger partial charge on any atom is 0.302 e. The second-order valence-electron chi connectivity index (χ2n) is 7.21. The molecule has 1 aliphatic heterocycles. The highest BCUT2D eigenvalue weighted by Crippen LogP contribution is 2.42. The van der Waals surface area contributed by atoms with Crippen LogP contribution in [0.3, 0.4) is 0 Å². The molecule has 1 saturated heterocycles. The number of fused-ring (bicyclic) bond motifs is 1. The molecule has 1 fully saturated rings. The molecule has 2 aromatic carbocycles. The summed E-state index contributed by atoms with van der Waals surface area (Å²) in [6.07, 6.45) is 0. The molecule has 1 unspecified atom stereocenters. The van der Waals surface area contributed by atoms with Gasteiger partial charge in [0.25, 0.3) is 5.78 Å². The number of aromatic amines is 1. The van der Waals surface area contributed by atoms with Gasteiger partial charge in [-0.1, -0.05) is 35.9 Å². The molecule has 4 aromatic rings. The number of anilines is 1. The van der Waals surface area contributed by atoms with E-state index in [1.807, 2.05) is 18.2 Å². The number of hydrogen-bond acceptors (Lipinski definition) is 5. The fourth-order valence-electron chi connectivity index (χ4n) is 3.77. The predicted octanol–water partition coefficient (Wildman–Crippen LogP) is 4.74. The second-order valence-corrected chi connectivity index (χ2v) is 7.64. The second kappa shape index (κ2) is 7.14. The number of imidazole rings is 1. The topological polar surface area (TPSA) is 99.4 Å². The number of halogens is 1. The lowest BCUT2D eigenvalue weighted by atomic mass is 9.99. The van der Waals surface area contributed by atoms with Crippen molar-refractivity contribution in [1.29, 1.82) is 0 Å². The van der Waals surface area contributed by atoms with Crippen LogP contribution < -0.4 is 4.90 Å². The van der Waals surface area contributed by atoms with E-state index in [1.54, 1.807) is 43.3 Å². The molecule has 1 aliphatic rings. The van der Waals surface area contributed by atoms with Crippen molar-refractivity contribution in [2.24, 2.45) is 0 Å². The summed E-state index contributed by atoms with van der Waals surface area (Å²) in [6.45, 7) is 1.76. The zero-order valence-electron chi connectivity index (χ0n) is 16.3. The molecule has 7 nitrogen and oxygen atoms in total. The van der Waals surface area contributed by atoms with Gasteiger partial charge in [0.15, 0.2) is 0 Å². The largest absolute Gasteiger partial charge is 0.507 e. The summed E-state index contributed by atoms with van der Waals surface area (Å²) in [5, 5.41) is 11.4. The van der Waals surface area contributed by atoms with E-state index in [9.17, 15) is 14.7 Å². The smallest absolute Gasteiger partial charge is 0.302 e. The lowest BCUT2D eigenvalue weighted by Crippen LogP contribution is -2.30. The average Bonchev–Trinajstić information content (AvgIpc) is 3.44. The summed E-state index contributed by atoms with van der Waals surface area (Å²) in [7, 11) is 0. The number of para-hydroxylation sites is 2. The van der Waals surface area contributed by atoms with E-state index >= 15 is 0 Å². The van der Waals surface area contributed by atoms with Crippen molar-refractivity contribution in [3.8, 4) is 0 Å². The van der Waals surface area contributed by atoms with Crippen LogP contribution in [0.4, 0.5) is 5.95 Å². The highest BCUT2D eigenvalue weighted by molar-refractivity contribution is 6.51. The van der Waals surface area contributed by atoms with Crippen LogP contribution in [0.2, 0.25) is 5.02 Å². The molecule has 5 rings (SSSR count). The number of aliphatic hydroxyl groups is 1. The molecule has 0 aliphatic carbocycles. The van der Waals surface area contributed by atoms with Gasteiger partial charge >= 0.3 is 5.91 Å². The van der Waals surface area contributed by atoms with Gasteiger partial charge in [0, 0.05) is 10.6 Å². The number of H-pyrrole nitrogens is 1. The summed E-state index contributed by atoms with van der Waals surface area (Å²) >= 11 is 6.06. The molecule has 1 atom stereocenters. The molecule has 1 amide bonds. The van der Waals surface area contributed by atoms with E-state index < -0.39 is 17.7 Å². The number of nitrogens with one attached hydrogen (secondary N) is 1. The van der Waals surface area contributed by atoms with E-state index in [0.29, 0.717) is 33.1 Å². The Morgan fingerprint density at radius 2 is 1.94 bits per heavy atom. The van der Waals surface area contributed by atoms with Gasteiger partial charge < -0.3 is 14.5 Å². The number of carbonyl (C=O) groups excluding carboxylic acids is 2. The van der Waals surface area contributed by atoms with Gasteiger partial charge in [0.2, 0.25) is 5.95 Å². The average molecular weight is 434 g/mol. The molecular formula is C23H16ClN3O4. The number of amides is 1. The van der Waals surface area contributed by atoms with Gasteiger partial charge in [-0.05, 0) is 43.3 Å². The normalized spacial score (nSPS) is 18.3. The Morgan fingerprint density at radius 1 is 1.13 bits per heavy atom. The van der Waals surface area contributed by atoms with Crippen LogP contribution >= 0.6 is 11.6 Å². The van der Waals surface area contributed by atoms with Gasteiger partial charge in [0.05, 0.1) is 16.6 Å². The maximum atomic E-state index is 13.1. The molecule has 0 bridgehead atoms. The van der Waals surface area contributed by atoms with Crippen LogP contribution in [-0.2, 0) is 9.59 Å². The monoisotopic (exact) mass is 433 g/mol. The number of aryl methyl sites for hydroxylation is 1. The Labute approximate surface area is 181 Å². The Kier molecular flexibility index (Phi) is 4.41. The molecule has 31 heavy (non-hydrogen) atoms. The van der Waals surface area contributed by atoms with Crippen molar-refractivity contribution in [3.63, 3.8) is 0 Å². The lowest BCUT2D eigenvalue weighted by Gasteiger charge is -2.20. The number of nitrogens with zero attached hydrogens (tertiary/aromatic N) is 2. The first-order chi connectivity index (χ1) is 14.9. The van der Waals surface area contributed by atoms with E-state index in [1.165, 1.54) is 11.0 Å². The van der Waals surface area contributed by atoms with Gasteiger partial charge in [-0.25, -0.2) is 4.98 Å². The molecule has 2 N–H and O–H groups in total. The number of rotatable bonds is 3. The zero-order valence-corrected chi connectivity index (χ0v) is 17.1. The summed E-state index contributed by atoms with van der Waals surface area (Å²) in [4.78, 5) is 34.9. The molecule has 154 valence electrons. The van der Waals surface area contributed by atoms with Crippen LogP contribution in [0.5, 0.6) is 0 Å². The van der Waals surface area contributed by atoms with E-state index in [0.717, 1.165) is 0 Å². The van der Waals surface area contributed by atoms with Gasteiger partial charge in [-0.15, -0.1) is 0 Å². The van der Waals surface area contributed by atoms with Crippen molar-refractivity contribution in [2.45, 2.75) is 13.0 Å². The highest BCUT2D eigenvalue weighted by Gasteiger charge is 2.49. The Bertz CT molecular complexity index is 1350. The minimum absolute atomic E-state index is 0.0953. The third kappa shape index (κ3) is 3.10. The lowest BCUT2D eigenvalue weighted by molar-refractivity contribution is -0.132. The van der Waals surface area contributed by atoms with E-state index in [-0.39, 0.29) is 17.3 Å². The van der Waals surface area contributed by atoms with E-state index in [2.05, 4.69) is 9.97 Å². The van der Waals surface area contributed by atoms with Crippen molar-refractivity contribution in [2.75, 3.05) is 4.90 Å². The number of Topliss-reactive ketones (excluding diaryl/α,β-unsaturated/α-hetero) is 1. The Balaban J connectivity index is 1.74. The first-order valence-electron chi connectivity index (χ1n) is 9.52. The van der Waals surface area contributed by atoms with E-state index in [4.69, 9.17) is 16.0 Å². The number of carbonyl (C=O) groups is 2. The maximum absolute atomic E-state index is 13.1. The first-order valence-corrected chi connectivity index (χ1v) is 9.90. The molecule has 8 heteroatoms. The highest BCUT2D eigenvalue weighted by atomic mass is 35.5. The third-order valence-electron chi connectivity index (χ3n) is 5.18. The Morgan fingerprint density at radius 3 is 2.65 bits per heavy atom. The fourth-order valence-corrected chi connectivity index (χ4v) is 3.96. The fraction of sp³-hybridized carbons (Fsp3) is 0.0870. The number of ketones is 1. The SMILES string of the molecule is Cc1ccc(C2/C(=C(\O)c3cccc(Cl)c3)C(=O)C(=O)N2c2nc3ccccc3[nH]2)o1. The molecule has 3 heterocycles. The van der Waals surface area contributed by atoms with Crippen molar-refractivity contribution >= 4 is 46.0 Å². The minimum atomic E-state index is -0.992. The minimum Gasteiger partial charge on any atom is -0.507 e. The quantitative estimate of drug-likeness (QED) is 0.276. The zero-order chi connectivity index (χ0) is 21.7. The standard InChI is InChI=1S/C23H16ClN3O4/c1-12-9-10-17(31-12)19-18(20(28)13-5-4-6-14(24)11-13)21(29)22(30)27(19)23-25-15-7-2-3-8-16(15)26-23/h2-11,19,28H,1H3,(H,25,26)/b20-18+. The first kappa shape index (κ1) is 19.1. The van der Waals surface area contributed by atoms with Crippen LogP contribution in [-0.4, -0.2) is 26.8 Å². The van der Waals surface area contributed by atoms with Crippen LogP contribution in [0.25, 0.3) is 16.8 Å². The number of benzene rings is 2.